The van der Waals surface area contributed by atoms with Gasteiger partial charge in [0.1, 0.15) is 17.3 Å². The standard InChI is InChI=1S/C46H30N2O2/c1-3-14-30(15-4-1)39-26-27-40(31-16-5-2-6-17-31)48-45(47-39)43-29-28-41(49-43)34-20-13-24-38-44(34)50-42-25-12-11-23-37(42)46(38)35-21-9-7-18-32(35)33-19-8-10-22-36(33)46/h1-26,28-29H,27H2. The van der Waals surface area contributed by atoms with E-state index in [4.69, 9.17) is 19.1 Å². The summed E-state index contributed by atoms with van der Waals surface area (Å²) >= 11 is 0. The van der Waals surface area contributed by atoms with E-state index in [1.54, 1.807) is 0 Å². The molecule has 1 spiro atoms. The molecule has 4 heteroatoms. The number of allylic oxidation sites excluding steroid dienone is 1. The van der Waals surface area contributed by atoms with Gasteiger partial charge in [0.05, 0.1) is 22.4 Å². The normalized spacial score (nSPS) is 15.0. The lowest BCUT2D eigenvalue weighted by Crippen LogP contribution is -2.32. The predicted molar refractivity (Wildman–Crippen MR) is 200 cm³/mol. The minimum atomic E-state index is -0.543. The number of rotatable bonds is 4. The van der Waals surface area contributed by atoms with Gasteiger partial charge in [0.15, 0.2) is 11.6 Å². The molecule has 0 unspecified atom stereocenters. The maximum absolute atomic E-state index is 6.88. The Kier molecular flexibility index (Phi) is 6.43. The lowest BCUT2D eigenvalue weighted by Gasteiger charge is -2.39. The first-order chi connectivity index (χ1) is 24.8. The van der Waals surface area contributed by atoms with Gasteiger partial charge in [-0.25, -0.2) is 9.98 Å². The van der Waals surface area contributed by atoms with Gasteiger partial charge in [-0.3, -0.25) is 0 Å². The van der Waals surface area contributed by atoms with Gasteiger partial charge in [-0.1, -0.05) is 146 Å². The molecular weight excluding hydrogens is 613 g/mol. The molecule has 7 aromatic rings. The fourth-order valence-corrected chi connectivity index (χ4v) is 7.94. The summed E-state index contributed by atoms with van der Waals surface area (Å²) in [7, 11) is 0. The molecule has 4 nitrogen and oxygen atoms in total. The predicted octanol–water partition coefficient (Wildman–Crippen LogP) is 11.1. The van der Waals surface area contributed by atoms with Gasteiger partial charge >= 0.3 is 0 Å². The molecule has 0 N–H and O–H groups in total. The van der Waals surface area contributed by atoms with Crippen LogP contribution >= 0.6 is 0 Å². The Balaban J connectivity index is 1.15. The highest BCUT2D eigenvalue weighted by Gasteiger charge is 2.51. The summed E-state index contributed by atoms with van der Waals surface area (Å²) in [5.74, 6) is 3.46. The molecule has 1 aliphatic carbocycles. The van der Waals surface area contributed by atoms with Gasteiger partial charge in [0, 0.05) is 17.5 Å². The average Bonchev–Trinajstić information content (AvgIpc) is 3.70. The van der Waals surface area contributed by atoms with Crippen molar-refractivity contribution in [2.45, 2.75) is 11.8 Å². The maximum Gasteiger partial charge on any atom is 0.196 e. The van der Waals surface area contributed by atoms with E-state index in [1.165, 1.54) is 22.3 Å². The SMILES string of the molecule is C1=C(c2ccccc2)N=C(c2ccc(-c3cccc4c3Oc3ccccc3C43c4ccccc4-c4ccccc43)o2)N=C(c2ccccc2)C1. The number of hydrogen-bond donors (Lipinski definition) is 0. The molecule has 10 rings (SSSR count). The van der Waals surface area contributed by atoms with Crippen LogP contribution in [0.1, 0.15) is 45.6 Å². The Bertz CT molecular complexity index is 2490. The minimum absolute atomic E-state index is 0.536. The summed E-state index contributed by atoms with van der Waals surface area (Å²) in [6, 6.07) is 56.9. The van der Waals surface area contributed by atoms with Crippen LogP contribution in [0, 0.1) is 0 Å². The highest BCUT2D eigenvalue weighted by Crippen LogP contribution is 2.63. The molecule has 0 saturated heterocycles. The van der Waals surface area contributed by atoms with Crippen molar-refractivity contribution in [1.82, 2.24) is 0 Å². The highest BCUT2D eigenvalue weighted by molar-refractivity contribution is 6.14. The molecule has 6 aromatic carbocycles. The summed E-state index contributed by atoms with van der Waals surface area (Å²) in [6.45, 7) is 0. The van der Waals surface area contributed by atoms with E-state index in [0.29, 0.717) is 23.8 Å². The zero-order chi connectivity index (χ0) is 33.1. The lowest BCUT2D eigenvalue weighted by molar-refractivity contribution is 0.435. The molecule has 3 heterocycles. The van der Waals surface area contributed by atoms with Gasteiger partial charge in [-0.15, -0.1) is 0 Å². The summed E-state index contributed by atoms with van der Waals surface area (Å²) < 4.78 is 13.6. The van der Waals surface area contributed by atoms with Crippen molar-refractivity contribution < 1.29 is 9.15 Å². The second-order valence-corrected chi connectivity index (χ2v) is 12.8. The summed E-state index contributed by atoms with van der Waals surface area (Å²) in [5, 5.41) is 0. The average molecular weight is 643 g/mol. The molecule has 3 aliphatic rings. The third-order valence-electron chi connectivity index (χ3n) is 10.1. The first-order valence-electron chi connectivity index (χ1n) is 17.0. The Hall–Kier alpha value is -6.52. The van der Waals surface area contributed by atoms with Crippen LogP contribution in [0.25, 0.3) is 28.1 Å². The molecular formula is C46H30N2O2. The van der Waals surface area contributed by atoms with Crippen LogP contribution in [-0.2, 0) is 5.41 Å². The van der Waals surface area contributed by atoms with Crippen molar-refractivity contribution in [3.8, 4) is 33.9 Å². The zero-order valence-corrected chi connectivity index (χ0v) is 27.1. The van der Waals surface area contributed by atoms with Crippen LogP contribution in [0.5, 0.6) is 11.5 Å². The van der Waals surface area contributed by atoms with Crippen molar-refractivity contribution >= 4 is 17.2 Å². The number of amidine groups is 1. The molecule has 0 atom stereocenters. The number of ether oxygens (including phenoxy) is 1. The highest BCUT2D eigenvalue weighted by atomic mass is 16.5. The van der Waals surface area contributed by atoms with Crippen molar-refractivity contribution in [3.63, 3.8) is 0 Å². The molecule has 0 fully saturated rings. The third-order valence-corrected chi connectivity index (χ3v) is 10.1. The minimum Gasteiger partial charge on any atom is -0.456 e. The first kappa shape index (κ1) is 28.5. The topological polar surface area (TPSA) is 47.1 Å². The van der Waals surface area contributed by atoms with Crippen LogP contribution < -0.4 is 4.74 Å². The van der Waals surface area contributed by atoms with Gasteiger partial charge in [-0.2, -0.15) is 0 Å². The zero-order valence-electron chi connectivity index (χ0n) is 27.1. The van der Waals surface area contributed by atoms with E-state index in [0.717, 1.165) is 50.7 Å². The van der Waals surface area contributed by atoms with E-state index in [9.17, 15) is 0 Å². The van der Waals surface area contributed by atoms with E-state index in [2.05, 4.69) is 115 Å². The molecule has 0 saturated carbocycles. The summed E-state index contributed by atoms with van der Waals surface area (Å²) in [6.07, 6.45) is 2.80. The molecule has 2 aliphatic heterocycles. The molecule has 0 bridgehead atoms. The van der Waals surface area contributed by atoms with Crippen LogP contribution in [0.4, 0.5) is 0 Å². The van der Waals surface area contributed by atoms with Gasteiger partial charge in [0.25, 0.3) is 0 Å². The quantitative estimate of drug-likeness (QED) is 0.192. The Morgan fingerprint density at radius 1 is 0.460 bits per heavy atom. The maximum atomic E-state index is 6.88. The van der Waals surface area contributed by atoms with Crippen molar-refractivity contribution in [2.24, 2.45) is 9.98 Å². The number of aliphatic imine (C=N–C) groups is 2. The first-order valence-corrected chi connectivity index (χ1v) is 17.0. The van der Waals surface area contributed by atoms with Crippen molar-refractivity contribution in [2.75, 3.05) is 0 Å². The van der Waals surface area contributed by atoms with E-state index >= 15 is 0 Å². The Labute approximate surface area is 290 Å². The fourth-order valence-electron chi connectivity index (χ4n) is 7.94. The molecule has 0 amide bonds. The van der Waals surface area contributed by atoms with Crippen LogP contribution in [0.15, 0.2) is 184 Å². The van der Waals surface area contributed by atoms with Crippen molar-refractivity contribution in [1.29, 1.82) is 0 Å². The van der Waals surface area contributed by atoms with Crippen LogP contribution in [0.3, 0.4) is 0 Å². The number of para-hydroxylation sites is 2. The fraction of sp³-hybridized carbons (Fsp3) is 0.0435. The lowest BCUT2D eigenvalue weighted by atomic mass is 9.66. The second kappa shape index (κ2) is 11.3. The largest absolute Gasteiger partial charge is 0.456 e. The number of nitrogens with zero attached hydrogens (tertiary/aromatic N) is 2. The number of furan rings is 1. The number of benzene rings is 6. The Morgan fingerprint density at radius 2 is 1.04 bits per heavy atom. The molecule has 236 valence electrons. The molecule has 0 radical (unpaired) electrons. The second-order valence-electron chi connectivity index (χ2n) is 12.8. The van der Waals surface area contributed by atoms with E-state index < -0.39 is 5.41 Å². The molecule has 50 heavy (non-hydrogen) atoms. The Morgan fingerprint density at radius 3 is 1.78 bits per heavy atom. The number of fused-ring (bicyclic) bond motifs is 9. The molecule has 1 aromatic heterocycles. The summed E-state index contributed by atoms with van der Waals surface area (Å²) in [4.78, 5) is 10.2. The monoisotopic (exact) mass is 642 g/mol. The third kappa shape index (κ3) is 4.25. The smallest absolute Gasteiger partial charge is 0.196 e. The number of hydrogen-bond acceptors (Lipinski definition) is 4. The van der Waals surface area contributed by atoms with E-state index in [1.807, 2.05) is 54.6 Å². The van der Waals surface area contributed by atoms with Crippen LogP contribution in [0.2, 0.25) is 0 Å². The van der Waals surface area contributed by atoms with Crippen molar-refractivity contribution in [3.05, 3.63) is 209 Å². The van der Waals surface area contributed by atoms with Gasteiger partial charge in [-0.05, 0) is 57.6 Å². The van der Waals surface area contributed by atoms with Gasteiger partial charge in [0.2, 0.25) is 0 Å². The summed E-state index contributed by atoms with van der Waals surface area (Å²) in [5.41, 5.74) is 11.5. The van der Waals surface area contributed by atoms with Crippen LogP contribution in [-0.4, -0.2) is 11.5 Å². The van der Waals surface area contributed by atoms with E-state index in [-0.39, 0.29) is 0 Å². The van der Waals surface area contributed by atoms with Gasteiger partial charge < -0.3 is 9.15 Å².